The number of rotatable bonds is 0. The summed E-state index contributed by atoms with van der Waals surface area (Å²) >= 11 is 2.21. The van der Waals surface area contributed by atoms with E-state index < -0.39 is 0 Å². The summed E-state index contributed by atoms with van der Waals surface area (Å²) < 4.78 is 6.37. The van der Waals surface area contributed by atoms with Gasteiger partial charge in [0.25, 0.3) is 0 Å². The van der Waals surface area contributed by atoms with Crippen LogP contribution in [0.15, 0.2) is 9.21 Å². The maximum Gasteiger partial charge on any atom is 0.339 e. The maximum atomic E-state index is 11.7. The fraction of sp³-hybridized carbons (Fsp3) is 0.308. The topological polar surface area (TPSA) is 56.2 Å². The number of aryl methyl sites for hydroxylation is 2. The lowest BCUT2D eigenvalue weighted by molar-refractivity contribution is 0.551. The minimum Gasteiger partial charge on any atom is -0.422 e. The summed E-state index contributed by atoms with van der Waals surface area (Å²) in [4.78, 5) is 11.7. The first kappa shape index (κ1) is 12.4. The second-order valence-electron chi connectivity index (χ2n) is 4.32. The second-order valence-corrected chi connectivity index (χ2v) is 5.40. The van der Waals surface area contributed by atoms with Crippen molar-refractivity contribution in [2.75, 3.05) is 5.73 Å². The molecule has 1 aromatic carbocycles. The van der Waals surface area contributed by atoms with E-state index in [0.717, 1.165) is 31.3 Å². The van der Waals surface area contributed by atoms with Gasteiger partial charge in [-0.15, -0.1) is 0 Å². The fourth-order valence-corrected chi connectivity index (χ4v) is 2.99. The molecule has 0 radical (unpaired) electrons. The fourth-order valence-electron chi connectivity index (χ4n) is 1.93. The standard InChI is InChI=1S/C13H14INO2/c1-5-8(4)13(16)17-12-7(3)6(2)11(15)10(14)9(5)12/h15H2,1-4H3. The molecule has 0 aliphatic rings. The molecule has 3 nitrogen and oxygen atoms in total. The van der Waals surface area contributed by atoms with E-state index in [-0.39, 0.29) is 5.63 Å². The predicted octanol–water partition coefficient (Wildman–Crippen LogP) is 3.21. The lowest BCUT2D eigenvalue weighted by atomic mass is 10.00. The van der Waals surface area contributed by atoms with E-state index in [4.69, 9.17) is 10.2 Å². The molecule has 2 rings (SSSR count). The highest BCUT2D eigenvalue weighted by atomic mass is 127. The zero-order chi connectivity index (χ0) is 12.9. The number of halogens is 1. The Hall–Kier alpha value is -1.04. The number of anilines is 1. The third-order valence-electron chi connectivity index (χ3n) is 3.43. The van der Waals surface area contributed by atoms with E-state index in [9.17, 15) is 4.79 Å². The SMILES string of the molecule is Cc1c(N)c(I)c2c(C)c(C)c(=O)oc2c1C. The Bertz CT molecular complexity index is 686. The summed E-state index contributed by atoms with van der Waals surface area (Å²) in [5.74, 6) is 0. The van der Waals surface area contributed by atoms with Gasteiger partial charge in [0.2, 0.25) is 0 Å². The van der Waals surface area contributed by atoms with Crippen LogP contribution in [-0.2, 0) is 0 Å². The molecule has 2 N–H and O–H groups in total. The average Bonchev–Trinajstić information content (AvgIpc) is 2.30. The van der Waals surface area contributed by atoms with Crippen LogP contribution in [0.4, 0.5) is 5.69 Å². The van der Waals surface area contributed by atoms with Crippen LogP contribution in [-0.4, -0.2) is 0 Å². The summed E-state index contributed by atoms with van der Waals surface area (Å²) in [5.41, 5.74) is 10.8. The Morgan fingerprint density at radius 3 is 2.18 bits per heavy atom. The summed E-state index contributed by atoms with van der Waals surface area (Å²) in [6.45, 7) is 7.59. The molecule has 0 atom stereocenters. The highest BCUT2D eigenvalue weighted by molar-refractivity contribution is 14.1. The van der Waals surface area contributed by atoms with Crippen LogP contribution < -0.4 is 11.4 Å². The molecular weight excluding hydrogens is 329 g/mol. The molecule has 1 aromatic heterocycles. The van der Waals surface area contributed by atoms with Crippen molar-refractivity contribution < 1.29 is 4.42 Å². The Kier molecular flexibility index (Phi) is 2.93. The van der Waals surface area contributed by atoms with E-state index in [1.807, 2.05) is 20.8 Å². The van der Waals surface area contributed by atoms with Crippen molar-refractivity contribution in [2.45, 2.75) is 27.7 Å². The molecular formula is C13H14INO2. The largest absolute Gasteiger partial charge is 0.422 e. The zero-order valence-corrected chi connectivity index (χ0v) is 12.4. The van der Waals surface area contributed by atoms with Crippen molar-refractivity contribution in [2.24, 2.45) is 0 Å². The molecule has 0 amide bonds. The number of nitrogens with two attached hydrogens (primary N) is 1. The normalized spacial score (nSPS) is 11.1. The minimum absolute atomic E-state index is 0.266. The number of benzene rings is 1. The van der Waals surface area contributed by atoms with Gasteiger partial charge in [0.1, 0.15) is 5.58 Å². The van der Waals surface area contributed by atoms with Gasteiger partial charge in [-0.2, -0.15) is 0 Å². The van der Waals surface area contributed by atoms with Gasteiger partial charge in [0.05, 0.1) is 0 Å². The van der Waals surface area contributed by atoms with Crippen LogP contribution in [0.1, 0.15) is 22.3 Å². The summed E-state index contributed by atoms with van der Waals surface area (Å²) in [5, 5.41) is 0.961. The predicted molar refractivity (Wildman–Crippen MR) is 78.6 cm³/mol. The third kappa shape index (κ3) is 1.66. The van der Waals surface area contributed by atoms with Crippen molar-refractivity contribution in [1.82, 2.24) is 0 Å². The van der Waals surface area contributed by atoms with E-state index in [1.165, 1.54) is 0 Å². The lowest BCUT2D eigenvalue weighted by Gasteiger charge is -2.13. The number of nitrogen functional groups attached to an aromatic ring is 1. The van der Waals surface area contributed by atoms with Gasteiger partial charge < -0.3 is 10.2 Å². The van der Waals surface area contributed by atoms with Crippen molar-refractivity contribution >= 4 is 39.2 Å². The molecule has 0 fully saturated rings. The first-order chi connectivity index (χ1) is 7.86. The quantitative estimate of drug-likeness (QED) is 0.454. The maximum absolute atomic E-state index is 11.7. The molecule has 1 heterocycles. The second kappa shape index (κ2) is 4.01. The first-order valence-electron chi connectivity index (χ1n) is 5.34. The lowest BCUT2D eigenvalue weighted by Crippen LogP contribution is -2.09. The molecule has 4 heteroatoms. The highest BCUT2D eigenvalue weighted by Gasteiger charge is 2.17. The van der Waals surface area contributed by atoms with Crippen LogP contribution in [0, 0.1) is 31.3 Å². The van der Waals surface area contributed by atoms with E-state index >= 15 is 0 Å². The van der Waals surface area contributed by atoms with Gasteiger partial charge in [-0.05, 0) is 67.0 Å². The van der Waals surface area contributed by atoms with Crippen molar-refractivity contribution in [3.63, 3.8) is 0 Å². The van der Waals surface area contributed by atoms with Crippen molar-refractivity contribution in [3.05, 3.63) is 36.2 Å². The molecule has 0 saturated carbocycles. The summed E-state index contributed by atoms with van der Waals surface area (Å²) in [7, 11) is 0. The van der Waals surface area contributed by atoms with E-state index in [1.54, 1.807) is 6.92 Å². The molecule has 0 unspecified atom stereocenters. The molecule has 0 saturated heterocycles. The molecule has 0 aliphatic heterocycles. The molecule has 90 valence electrons. The molecule has 17 heavy (non-hydrogen) atoms. The minimum atomic E-state index is -0.266. The molecule has 0 spiro atoms. The van der Waals surface area contributed by atoms with Crippen LogP contribution >= 0.6 is 22.6 Å². The monoisotopic (exact) mass is 343 g/mol. The van der Waals surface area contributed by atoms with Crippen molar-refractivity contribution in [1.29, 1.82) is 0 Å². The number of hydrogen-bond acceptors (Lipinski definition) is 3. The number of hydrogen-bond donors (Lipinski definition) is 1. The van der Waals surface area contributed by atoms with Crippen LogP contribution in [0.3, 0.4) is 0 Å². The van der Waals surface area contributed by atoms with Gasteiger partial charge >= 0.3 is 5.63 Å². The molecule has 0 bridgehead atoms. The van der Waals surface area contributed by atoms with Crippen molar-refractivity contribution in [3.8, 4) is 0 Å². The van der Waals surface area contributed by atoms with Gasteiger partial charge in [-0.25, -0.2) is 4.79 Å². The van der Waals surface area contributed by atoms with E-state index in [0.29, 0.717) is 11.1 Å². The van der Waals surface area contributed by atoms with Crippen LogP contribution in [0.25, 0.3) is 11.0 Å². The van der Waals surface area contributed by atoms with Gasteiger partial charge in [-0.3, -0.25) is 0 Å². The van der Waals surface area contributed by atoms with Gasteiger partial charge in [0, 0.05) is 20.2 Å². The summed E-state index contributed by atoms with van der Waals surface area (Å²) in [6, 6.07) is 0. The Morgan fingerprint density at radius 1 is 1.00 bits per heavy atom. The van der Waals surface area contributed by atoms with E-state index in [2.05, 4.69) is 22.6 Å². The number of fused-ring (bicyclic) bond motifs is 1. The van der Waals surface area contributed by atoms with Gasteiger partial charge in [0.15, 0.2) is 0 Å². The highest BCUT2D eigenvalue weighted by Crippen LogP contribution is 2.34. The molecule has 2 aromatic rings. The first-order valence-corrected chi connectivity index (χ1v) is 6.42. The van der Waals surface area contributed by atoms with Gasteiger partial charge in [-0.1, -0.05) is 0 Å². The zero-order valence-electron chi connectivity index (χ0n) is 10.3. The average molecular weight is 343 g/mol. The molecule has 0 aliphatic carbocycles. The Labute approximate surface area is 113 Å². The smallest absolute Gasteiger partial charge is 0.339 e. The van der Waals surface area contributed by atoms with Crippen LogP contribution in [0.5, 0.6) is 0 Å². The summed E-state index contributed by atoms with van der Waals surface area (Å²) in [6.07, 6.45) is 0. The Balaban J connectivity index is 3.18. The third-order valence-corrected chi connectivity index (χ3v) is 4.55. The Morgan fingerprint density at radius 2 is 1.59 bits per heavy atom. The van der Waals surface area contributed by atoms with Crippen LogP contribution in [0.2, 0.25) is 0 Å².